The second-order valence-corrected chi connectivity index (χ2v) is 2.34. The molecule has 2 nitrogen and oxygen atoms in total. The van der Waals surface area contributed by atoms with Crippen LogP contribution in [-0.2, 0) is 9.53 Å². The lowest BCUT2D eigenvalue weighted by molar-refractivity contribution is -0.170. The van der Waals surface area contributed by atoms with Crippen molar-refractivity contribution >= 4 is 21.7 Å². The molecule has 0 bridgehead atoms. The molecule has 0 N–H and O–H groups in total. The summed E-state index contributed by atoms with van der Waals surface area (Å²) in [5.74, 6) is -1.88. The van der Waals surface area contributed by atoms with Gasteiger partial charge in [-0.05, 0) is 0 Å². The number of Topliss-reactive ketones (excluding diaryl/α,β-unsaturated/α-hetero) is 1. The topological polar surface area (TPSA) is 26.3 Å². The van der Waals surface area contributed by atoms with Gasteiger partial charge >= 0.3 is 6.18 Å². The van der Waals surface area contributed by atoms with Crippen LogP contribution >= 0.6 is 15.9 Å². The maximum absolute atomic E-state index is 11.6. The SMILES string of the molecule is COC(=CBr)CC(=O)C(F)(F)F. The fourth-order valence-corrected chi connectivity index (χ4v) is 0.763. The molecule has 6 heteroatoms. The van der Waals surface area contributed by atoms with E-state index in [9.17, 15) is 18.0 Å². The predicted molar refractivity (Wildman–Crippen MR) is 39.7 cm³/mol. The number of rotatable bonds is 3. The molecule has 0 aliphatic heterocycles. The third-order valence-corrected chi connectivity index (χ3v) is 1.55. The van der Waals surface area contributed by atoms with Crippen LogP contribution < -0.4 is 0 Å². The smallest absolute Gasteiger partial charge is 0.450 e. The van der Waals surface area contributed by atoms with Crippen molar-refractivity contribution in [1.29, 1.82) is 0 Å². The van der Waals surface area contributed by atoms with Crippen LogP contribution in [0.25, 0.3) is 0 Å². The van der Waals surface area contributed by atoms with E-state index in [-0.39, 0.29) is 5.76 Å². The van der Waals surface area contributed by atoms with Gasteiger partial charge in [0.1, 0.15) is 5.76 Å². The number of allylic oxidation sites excluding steroid dienone is 1. The summed E-state index contributed by atoms with van der Waals surface area (Å²) in [6.45, 7) is 0. The van der Waals surface area contributed by atoms with Crippen LogP contribution in [0.4, 0.5) is 13.2 Å². The largest absolute Gasteiger partial charge is 0.500 e. The molecule has 12 heavy (non-hydrogen) atoms. The highest BCUT2D eigenvalue weighted by Crippen LogP contribution is 2.20. The average Bonchev–Trinajstić information content (AvgIpc) is 1.97. The minimum atomic E-state index is -4.79. The normalized spacial score (nSPS) is 12.9. The molecule has 0 aromatic rings. The molecule has 0 aliphatic carbocycles. The lowest BCUT2D eigenvalue weighted by atomic mass is 10.2. The van der Waals surface area contributed by atoms with Crippen molar-refractivity contribution in [3.63, 3.8) is 0 Å². The quantitative estimate of drug-likeness (QED) is 0.715. The summed E-state index contributed by atoms with van der Waals surface area (Å²) in [6.07, 6.45) is -5.56. The van der Waals surface area contributed by atoms with E-state index in [1.807, 2.05) is 0 Å². The second-order valence-electron chi connectivity index (χ2n) is 1.88. The van der Waals surface area contributed by atoms with Crippen molar-refractivity contribution in [1.82, 2.24) is 0 Å². The van der Waals surface area contributed by atoms with Gasteiger partial charge in [-0.25, -0.2) is 0 Å². The standard InChI is InChI=1S/C6H6BrF3O2/c1-12-4(3-7)2-5(11)6(8,9)10/h3H,2H2,1H3. The summed E-state index contributed by atoms with van der Waals surface area (Å²) >= 11 is 2.76. The molecule has 0 unspecified atom stereocenters. The molecule has 0 heterocycles. The summed E-state index contributed by atoms with van der Waals surface area (Å²) in [5.41, 5.74) is 0. The van der Waals surface area contributed by atoms with Crippen molar-refractivity contribution in [2.45, 2.75) is 12.6 Å². The zero-order chi connectivity index (χ0) is 9.78. The van der Waals surface area contributed by atoms with E-state index in [1.54, 1.807) is 0 Å². The summed E-state index contributed by atoms with van der Waals surface area (Å²) in [4.78, 5) is 11.5. The first-order valence-corrected chi connectivity index (χ1v) is 3.76. The first-order chi connectivity index (χ1) is 5.41. The maximum atomic E-state index is 11.6. The monoisotopic (exact) mass is 246 g/mol. The Morgan fingerprint density at radius 1 is 1.58 bits per heavy atom. The molecule has 0 fully saturated rings. The lowest BCUT2D eigenvalue weighted by Gasteiger charge is -2.06. The summed E-state index contributed by atoms with van der Waals surface area (Å²) < 4.78 is 39.4. The number of ether oxygens (including phenoxy) is 1. The van der Waals surface area contributed by atoms with E-state index in [2.05, 4.69) is 20.7 Å². The summed E-state index contributed by atoms with van der Waals surface area (Å²) in [7, 11) is 1.19. The Morgan fingerprint density at radius 3 is 2.33 bits per heavy atom. The third kappa shape index (κ3) is 3.75. The first-order valence-electron chi connectivity index (χ1n) is 2.85. The van der Waals surface area contributed by atoms with Gasteiger partial charge in [0.05, 0.1) is 13.5 Å². The van der Waals surface area contributed by atoms with Gasteiger partial charge in [0.25, 0.3) is 0 Å². The lowest BCUT2D eigenvalue weighted by Crippen LogP contribution is -2.23. The molecular weight excluding hydrogens is 241 g/mol. The fourth-order valence-electron chi connectivity index (χ4n) is 0.414. The Bertz CT molecular complexity index is 197. The van der Waals surface area contributed by atoms with Crippen LogP contribution in [0.15, 0.2) is 10.7 Å². The van der Waals surface area contributed by atoms with Gasteiger partial charge in [0.2, 0.25) is 5.78 Å². The first kappa shape index (κ1) is 11.5. The number of carbonyl (C=O) groups excluding carboxylic acids is 1. The van der Waals surface area contributed by atoms with E-state index in [1.165, 1.54) is 7.11 Å². The molecule has 0 radical (unpaired) electrons. The van der Waals surface area contributed by atoms with E-state index in [4.69, 9.17) is 0 Å². The minimum Gasteiger partial charge on any atom is -0.500 e. The molecule has 0 saturated heterocycles. The highest BCUT2D eigenvalue weighted by Gasteiger charge is 2.38. The van der Waals surface area contributed by atoms with E-state index >= 15 is 0 Å². The van der Waals surface area contributed by atoms with Crippen LogP contribution in [0, 0.1) is 0 Å². The molecule has 0 saturated carbocycles. The van der Waals surface area contributed by atoms with E-state index in [0.717, 1.165) is 4.99 Å². The summed E-state index contributed by atoms with van der Waals surface area (Å²) in [6, 6.07) is 0. The maximum Gasteiger partial charge on any atom is 0.450 e. The molecule has 0 aliphatic rings. The van der Waals surface area contributed by atoms with Gasteiger partial charge in [0, 0.05) is 4.99 Å². The second kappa shape index (κ2) is 4.49. The number of methoxy groups -OCH3 is 1. The van der Waals surface area contributed by atoms with Crippen LogP contribution in [0.5, 0.6) is 0 Å². The molecule has 0 aromatic heterocycles. The van der Waals surface area contributed by atoms with Gasteiger partial charge in [-0.15, -0.1) is 0 Å². The Balaban J connectivity index is 4.19. The van der Waals surface area contributed by atoms with Gasteiger partial charge in [-0.2, -0.15) is 13.2 Å². The minimum absolute atomic E-state index is 0.0580. The number of halogens is 4. The number of alkyl halides is 3. The number of hydrogen-bond donors (Lipinski definition) is 0. The van der Waals surface area contributed by atoms with Crippen molar-refractivity contribution < 1.29 is 22.7 Å². The summed E-state index contributed by atoms with van der Waals surface area (Å²) in [5, 5.41) is 0. The van der Waals surface area contributed by atoms with Crippen LogP contribution in [0.2, 0.25) is 0 Å². The van der Waals surface area contributed by atoms with Gasteiger partial charge in [-0.1, -0.05) is 15.9 Å². The molecule has 0 aromatic carbocycles. The Morgan fingerprint density at radius 2 is 2.08 bits per heavy atom. The Labute approximate surface area is 75.5 Å². The molecular formula is C6H6BrF3O2. The molecule has 0 spiro atoms. The highest BCUT2D eigenvalue weighted by molar-refractivity contribution is 9.11. The van der Waals surface area contributed by atoms with Crippen LogP contribution in [-0.4, -0.2) is 19.1 Å². The molecule has 0 atom stereocenters. The van der Waals surface area contributed by atoms with Crippen molar-refractivity contribution in [2.75, 3.05) is 7.11 Å². The third-order valence-electron chi connectivity index (χ3n) is 1.03. The van der Waals surface area contributed by atoms with Crippen LogP contribution in [0.3, 0.4) is 0 Å². The van der Waals surface area contributed by atoms with E-state index < -0.39 is 18.4 Å². The molecule has 0 rings (SSSR count). The van der Waals surface area contributed by atoms with Crippen molar-refractivity contribution in [2.24, 2.45) is 0 Å². The average molecular weight is 247 g/mol. The van der Waals surface area contributed by atoms with E-state index in [0.29, 0.717) is 0 Å². The van der Waals surface area contributed by atoms with Gasteiger partial charge in [0.15, 0.2) is 0 Å². The van der Waals surface area contributed by atoms with Crippen molar-refractivity contribution in [3.8, 4) is 0 Å². The Hall–Kier alpha value is -0.520. The predicted octanol–water partition coefficient (Wildman–Crippen LogP) is 2.39. The van der Waals surface area contributed by atoms with Gasteiger partial charge in [-0.3, -0.25) is 4.79 Å². The highest BCUT2D eigenvalue weighted by atomic mass is 79.9. The Kier molecular flexibility index (Phi) is 4.30. The number of ketones is 1. The van der Waals surface area contributed by atoms with Crippen LogP contribution in [0.1, 0.15) is 6.42 Å². The van der Waals surface area contributed by atoms with Gasteiger partial charge < -0.3 is 4.74 Å². The van der Waals surface area contributed by atoms with Crippen molar-refractivity contribution in [3.05, 3.63) is 10.7 Å². The molecule has 0 amide bonds. The number of carbonyl (C=O) groups is 1. The fraction of sp³-hybridized carbons (Fsp3) is 0.500. The number of hydrogen-bond acceptors (Lipinski definition) is 2. The molecule has 70 valence electrons. The zero-order valence-electron chi connectivity index (χ0n) is 6.11. The zero-order valence-corrected chi connectivity index (χ0v) is 7.70.